The lowest BCUT2D eigenvalue weighted by molar-refractivity contribution is 0.0520. The highest BCUT2D eigenvalue weighted by Crippen LogP contribution is 2.40. The van der Waals surface area contributed by atoms with Crippen molar-refractivity contribution in [1.82, 2.24) is 19.9 Å². The number of aliphatic hydroxyl groups is 2. The summed E-state index contributed by atoms with van der Waals surface area (Å²) in [5, 5.41) is 21.2. The molecule has 0 aromatic carbocycles. The van der Waals surface area contributed by atoms with Crippen LogP contribution in [0.15, 0.2) is 42.9 Å². The van der Waals surface area contributed by atoms with E-state index in [-0.39, 0.29) is 30.4 Å². The van der Waals surface area contributed by atoms with E-state index in [4.69, 9.17) is 14.8 Å². The van der Waals surface area contributed by atoms with E-state index in [0.29, 0.717) is 5.82 Å². The number of aromatic nitrogens is 4. The molecule has 11 nitrogen and oxygen atoms in total. The van der Waals surface area contributed by atoms with Crippen molar-refractivity contribution in [2.75, 3.05) is 41.4 Å². The number of rotatable bonds is 6. The molecule has 2 aliphatic heterocycles. The fourth-order valence-electron chi connectivity index (χ4n) is 4.13. The largest absolute Gasteiger partial charge is 0.474 e. The van der Waals surface area contributed by atoms with Crippen LogP contribution < -0.4 is 19.9 Å². The van der Waals surface area contributed by atoms with E-state index in [2.05, 4.69) is 25.2 Å². The molecular formula is C23H25N7O4. The highest BCUT2D eigenvalue weighted by molar-refractivity contribution is 6.04. The summed E-state index contributed by atoms with van der Waals surface area (Å²) in [7, 11) is 0. The summed E-state index contributed by atoms with van der Waals surface area (Å²) in [6, 6.07) is 7.47. The third kappa shape index (κ3) is 4.35. The Morgan fingerprint density at radius 3 is 2.91 bits per heavy atom. The molecular weight excluding hydrogens is 438 g/mol. The van der Waals surface area contributed by atoms with Gasteiger partial charge in [0.05, 0.1) is 36.4 Å². The number of nitrogens with zero attached hydrogens (tertiary/aromatic N) is 6. The van der Waals surface area contributed by atoms with Crippen molar-refractivity contribution >= 4 is 23.4 Å². The fourth-order valence-corrected chi connectivity index (χ4v) is 4.13. The molecule has 3 aromatic heterocycles. The van der Waals surface area contributed by atoms with Crippen molar-refractivity contribution in [2.45, 2.75) is 25.5 Å². The van der Waals surface area contributed by atoms with Crippen LogP contribution in [-0.2, 0) is 0 Å². The van der Waals surface area contributed by atoms with Crippen molar-refractivity contribution in [3.63, 3.8) is 0 Å². The van der Waals surface area contributed by atoms with Crippen LogP contribution in [0.4, 0.5) is 22.1 Å². The molecule has 34 heavy (non-hydrogen) atoms. The maximum atomic E-state index is 13.4. The average molecular weight is 463 g/mol. The Morgan fingerprint density at radius 1 is 1.24 bits per heavy atom. The lowest BCUT2D eigenvalue weighted by atomic mass is 10.1. The van der Waals surface area contributed by atoms with Gasteiger partial charge in [-0.2, -0.15) is 4.98 Å². The van der Waals surface area contributed by atoms with Gasteiger partial charge in [-0.25, -0.2) is 9.78 Å². The third-order valence-electron chi connectivity index (χ3n) is 5.86. The number of hydrogen-bond acceptors (Lipinski definition) is 9. The summed E-state index contributed by atoms with van der Waals surface area (Å²) >= 11 is 0. The summed E-state index contributed by atoms with van der Waals surface area (Å²) in [5.74, 6) is 0.932. The van der Waals surface area contributed by atoms with Crippen molar-refractivity contribution < 1.29 is 19.7 Å². The molecule has 176 valence electrons. The van der Waals surface area contributed by atoms with Crippen LogP contribution in [0.5, 0.6) is 5.88 Å². The molecule has 2 bridgehead atoms. The van der Waals surface area contributed by atoms with Gasteiger partial charge in [0.1, 0.15) is 12.7 Å². The Balaban J connectivity index is 1.40. The SMILES string of the molecule is Cc1ccc(-c2ccc3c(n2)N(C(=O)Nc2cncc(OC[C@@H](O)CO)n2)C2CCN3C2)cn1. The quantitative estimate of drug-likeness (QED) is 0.498. The molecule has 5 rings (SSSR count). The zero-order chi connectivity index (χ0) is 23.7. The van der Waals surface area contributed by atoms with E-state index < -0.39 is 12.7 Å². The minimum atomic E-state index is -1.03. The zero-order valence-electron chi connectivity index (χ0n) is 18.6. The topological polar surface area (TPSA) is 137 Å². The Labute approximate surface area is 196 Å². The van der Waals surface area contributed by atoms with Crippen LogP contribution in [0, 0.1) is 6.92 Å². The number of aryl methyl sites for hydroxylation is 1. The lowest BCUT2D eigenvalue weighted by Crippen LogP contribution is -2.48. The normalized spacial score (nSPS) is 17.3. The second-order valence-corrected chi connectivity index (χ2v) is 8.31. The third-order valence-corrected chi connectivity index (χ3v) is 5.86. The second kappa shape index (κ2) is 9.20. The monoisotopic (exact) mass is 463 g/mol. The van der Waals surface area contributed by atoms with Gasteiger partial charge in [0, 0.05) is 30.5 Å². The number of anilines is 3. The number of hydrogen-bond donors (Lipinski definition) is 3. The summed E-state index contributed by atoms with van der Waals surface area (Å²) in [4.78, 5) is 34.8. The minimum absolute atomic E-state index is 0.0153. The lowest BCUT2D eigenvalue weighted by Gasteiger charge is -2.35. The van der Waals surface area contributed by atoms with E-state index in [0.717, 1.165) is 42.1 Å². The molecule has 2 amide bonds. The van der Waals surface area contributed by atoms with Gasteiger partial charge in [-0.3, -0.25) is 20.2 Å². The van der Waals surface area contributed by atoms with Crippen LogP contribution >= 0.6 is 0 Å². The molecule has 3 aromatic rings. The summed E-state index contributed by atoms with van der Waals surface area (Å²) in [6.45, 7) is 2.95. The molecule has 2 atom stereocenters. The summed E-state index contributed by atoms with van der Waals surface area (Å²) in [5.41, 5.74) is 3.45. The minimum Gasteiger partial charge on any atom is -0.474 e. The van der Waals surface area contributed by atoms with Gasteiger partial charge in [-0.05, 0) is 37.6 Å². The molecule has 2 aliphatic rings. The smallest absolute Gasteiger partial charge is 0.329 e. The average Bonchev–Trinajstić information content (AvgIpc) is 3.27. The first kappa shape index (κ1) is 22.0. The van der Waals surface area contributed by atoms with Gasteiger partial charge >= 0.3 is 6.03 Å². The molecule has 1 saturated heterocycles. The Hall–Kier alpha value is -3.83. The van der Waals surface area contributed by atoms with E-state index in [1.807, 2.05) is 31.2 Å². The number of carbonyl (C=O) groups excluding carboxylic acids is 1. The van der Waals surface area contributed by atoms with Crippen molar-refractivity contribution in [3.8, 4) is 17.1 Å². The number of urea groups is 1. The Morgan fingerprint density at radius 2 is 2.12 bits per heavy atom. The molecule has 11 heteroatoms. The first-order valence-corrected chi connectivity index (χ1v) is 11.0. The Kier molecular flexibility index (Phi) is 5.95. The predicted molar refractivity (Wildman–Crippen MR) is 125 cm³/mol. The number of pyridine rings is 2. The molecule has 0 saturated carbocycles. The highest BCUT2D eigenvalue weighted by atomic mass is 16.5. The number of carbonyl (C=O) groups is 1. The number of ether oxygens (including phenoxy) is 1. The first-order valence-electron chi connectivity index (χ1n) is 11.0. The predicted octanol–water partition coefficient (Wildman–Crippen LogP) is 1.60. The van der Waals surface area contributed by atoms with Gasteiger partial charge in [0.25, 0.3) is 0 Å². The number of fused-ring (bicyclic) bond motifs is 4. The second-order valence-electron chi connectivity index (χ2n) is 8.31. The van der Waals surface area contributed by atoms with Crippen LogP contribution in [0.25, 0.3) is 11.3 Å². The molecule has 0 aliphatic carbocycles. The fraction of sp³-hybridized carbons (Fsp3) is 0.348. The van der Waals surface area contributed by atoms with Crippen molar-refractivity contribution in [2.24, 2.45) is 0 Å². The van der Waals surface area contributed by atoms with E-state index in [9.17, 15) is 9.90 Å². The van der Waals surface area contributed by atoms with Crippen LogP contribution in [0.2, 0.25) is 0 Å². The summed E-state index contributed by atoms with van der Waals surface area (Å²) in [6.07, 6.45) is 4.37. The maximum absolute atomic E-state index is 13.4. The van der Waals surface area contributed by atoms with Crippen LogP contribution in [0.3, 0.4) is 0 Å². The van der Waals surface area contributed by atoms with E-state index in [1.165, 1.54) is 12.4 Å². The van der Waals surface area contributed by atoms with Crippen LogP contribution in [0.1, 0.15) is 12.1 Å². The molecule has 1 fully saturated rings. The number of amides is 2. The van der Waals surface area contributed by atoms with Gasteiger partial charge in [0.2, 0.25) is 5.88 Å². The van der Waals surface area contributed by atoms with Gasteiger partial charge in [-0.15, -0.1) is 0 Å². The molecule has 1 unspecified atom stereocenters. The summed E-state index contributed by atoms with van der Waals surface area (Å²) < 4.78 is 5.33. The molecule has 3 N–H and O–H groups in total. The zero-order valence-corrected chi connectivity index (χ0v) is 18.6. The van der Waals surface area contributed by atoms with E-state index in [1.54, 1.807) is 11.1 Å². The van der Waals surface area contributed by atoms with Gasteiger partial charge in [0.15, 0.2) is 11.6 Å². The van der Waals surface area contributed by atoms with Crippen molar-refractivity contribution in [1.29, 1.82) is 0 Å². The van der Waals surface area contributed by atoms with Crippen molar-refractivity contribution in [3.05, 3.63) is 48.5 Å². The van der Waals surface area contributed by atoms with Gasteiger partial charge in [-0.1, -0.05) is 0 Å². The van der Waals surface area contributed by atoms with E-state index >= 15 is 0 Å². The maximum Gasteiger partial charge on any atom is 0.329 e. The first-order chi connectivity index (χ1) is 16.5. The number of nitrogens with one attached hydrogen (secondary N) is 1. The van der Waals surface area contributed by atoms with Gasteiger partial charge < -0.3 is 19.8 Å². The highest BCUT2D eigenvalue weighted by Gasteiger charge is 2.40. The molecule has 5 heterocycles. The number of aliphatic hydroxyl groups excluding tert-OH is 2. The molecule has 0 radical (unpaired) electrons. The Bertz CT molecular complexity index is 1190. The van der Waals surface area contributed by atoms with Crippen LogP contribution in [-0.4, -0.2) is 74.6 Å². The molecule has 0 spiro atoms. The standard InChI is InChI=1S/C23H25N7O4/c1-14-2-3-15(8-25-14)18-4-5-19-22(26-18)30(16-6-7-29(19)11-16)23(33)28-20-9-24-10-21(27-20)34-13-17(32)12-31/h2-5,8-10,16-17,31-32H,6-7,11-13H2,1H3,(H,27,28,33)/t16?,17-/m0/s1.